The van der Waals surface area contributed by atoms with Crippen molar-refractivity contribution in [1.82, 2.24) is 9.62 Å². The summed E-state index contributed by atoms with van der Waals surface area (Å²) in [6, 6.07) is 1.30. The normalized spacial score (nSPS) is 12.3. The SMILES string of the molecule is CCN(C)CCNS(=O)(=O)c1cc(CO)oc1Br. The van der Waals surface area contributed by atoms with Crippen LogP contribution in [0.3, 0.4) is 0 Å². The molecule has 2 N–H and O–H groups in total. The molecule has 1 aromatic rings. The summed E-state index contributed by atoms with van der Waals surface area (Å²) in [5, 5.41) is 8.89. The zero-order valence-electron chi connectivity index (χ0n) is 10.3. The van der Waals surface area contributed by atoms with Gasteiger partial charge in [-0.25, -0.2) is 13.1 Å². The summed E-state index contributed by atoms with van der Waals surface area (Å²) < 4.78 is 31.5. The third kappa shape index (κ3) is 4.06. The fourth-order valence-electron chi connectivity index (χ4n) is 1.27. The Balaban J connectivity index is 2.71. The lowest BCUT2D eigenvalue weighted by Crippen LogP contribution is -2.32. The van der Waals surface area contributed by atoms with Crippen molar-refractivity contribution in [1.29, 1.82) is 0 Å². The first-order valence-corrected chi connectivity index (χ1v) is 7.75. The smallest absolute Gasteiger partial charge is 0.245 e. The second-order valence-electron chi connectivity index (χ2n) is 3.80. The van der Waals surface area contributed by atoms with Crippen molar-refractivity contribution in [2.24, 2.45) is 0 Å². The van der Waals surface area contributed by atoms with Crippen molar-refractivity contribution in [2.45, 2.75) is 18.4 Å². The number of sulfonamides is 1. The first-order chi connectivity index (χ1) is 8.40. The maximum Gasteiger partial charge on any atom is 0.245 e. The van der Waals surface area contributed by atoms with Crippen LogP contribution in [0, 0.1) is 0 Å². The molecule has 0 spiro atoms. The van der Waals surface area contributed by atoms with Crippen molar-refractivity contribution in [2.75, 3.05) is 26.7 Å². The highest BCUT2D eigenvalue weighted by Gasteiger charge is 2.21. The Morgan fingerprint density at radius 1 is 1.56 bits per heavy atom. The average Bonchev–Trinajstić information content (AvgIpc) is 2.71. The third-order valence-corrected chi connectivity index (χ3v) is 4.80. The van der Waals surface area contributed by atoms with Crippen LogP contribution in [0.1, 0.15) is 12.7 Å². The molecule has 0 aliphatic rings. The van der Waals surface area contributed by atoms with Crippen LogP contribution in [0.4, 0.5) is 0 Å². The van der Waals surface area contributed by atoms with Crippen LogP contribution in [0.5, 0.6) is 0 Å². The Hall–Kier alpha value is -0.410. The number of halogens is 1. The lowest BCUT2D eigenvalue weighted by Gasteiger charge is -2.13. The molecule has 0 bridgehead atoms. The van der Waals surface area contributed by atoms with Gasteiger partial charge in [-0.3, -0.25) is 0 Å². The number of hydrogen-bond donors (Lipinski definition) is 2. The minimum atomic E-state index is -3.61. The predicted octanol–water partition coefficient (Wildman–Crippen LogP) is 0.764. The number of furan rings is 1. The van der Waals surface area contributed by atoms with Gasteiger partial charge in [0, 0.05) is 19.2 Å². The molecular formula is C10H17BrN2O4S. The third-order valence-electron chi connectivity index (χ3n) is 2.48. The zero-order chi connectivity index (χ0) is 13.8. The molecule has 1 heterocycles. The van der Waals surface area contributed by atoms with E-state index >= 15 is 0 Å². The van der Waals surface area contributed by atoms with Crippen molar-refractivity contribution >= 4 is 26.0 Å². The molecule has 0 aliphatic carbocycles. The fraction of sp³-hybridized carbons (Fsp3) is 0.600. The molecule has 104 valence electrons. The van der Waals surface area contributed by atoms with Crippen LogP contribution in [-0.2, 0) is 16.6 Å². The van der Waals surface area contributed by atoms with E-state index in [1.54, 1.807) is 0 Å². The van der Waals surface area contributed by atoms with Crippen molar-refractivity contribution < 1.29 is 17.9 Å². The summed E-state index contributed by atoms with van der Waals surface area (Å²) in [5.74, 6) is 0.202. The Bertz CT molecular complexity index is 486. The number of likely N-dealkylation sites (N-methyl/N-ethyl adjacent to an activating group) is 1. The van der Waals surface area contributed by atoms with E-state index in [1.807, 2.05) is 18.9 Å². The van der Waals surface area contributed by atoms with Crippen LogP contribution in [0.15, 0.2) is 20.0 Å². The molecule has 1 rings (SSSR count). The van der Waals surface area contributed by atoms with Gasteiger partial charge in [0.2, 0.25) is 10.0 Å². The van der Waals surface area contributed by atoms with Crippen LogP contribution in [0.25, 0.3) is 0 Å². The van der Waals surface area contributed by atoms with Crippen LogP contribution in [0.2, 0.25) is 0 Å². The minimum Gasteiger partial charge on any atom is -0.450 e. The quantitative estimate of drug-likeness (QED) is 0.765. The van der Waals surface area contributed by atoms with Crippen molar-refractivity contribution in [3.05, 3.63) is 16.5 Å². The monoisotopic (exact) mass is 340 g/mol. The standard InChI is InChI=1S/C10H17BrN2O4S/c1-3-13(2)5-4-12-18(15,16)9-6-8(7-14)17-10(9)11/h6,12,14H,3-5,7H2,1-2H3. The Kier molecular flexibility index (Phi) is 5.80. The van der Waals surface area contributed by atoms with Crippen LogP contribution < -0.4 is 4.72 Å². The Labute approximate surface area is 115 Å². The maximum atomic E-state index is 12.0. The van der Waals surface area contributed by atoms with Gasteiger partial charge in [-0.05, 0) is 29.5 Å². The maximum absolute atomic E-state index is 12.0. The van der Waals surface area contributed by atoms with E-state index in [2.05, 4.69) is 20.7 Å². The van der Waals surface area contributed by atoms with E-state index in [1.165, 1.54) is 6.07 Å². The van der Waals surface area contributed by atoms with E-state index < -0.39 is 10.0 Å². The molecule has 0 unspecified atom stereocenters. The fourth-order valence-corrected chi connectivity index (χ4v) is 3.28. The lowest BCUT2D eigenvalue weighted by molar-refractivity contribution is 0.245. The molecule has 0 aliphatic heterocycles. The van der Waals surface area contributed by atoms with Gasteiger partial charge in [0.15, 0.2) is 4.67 Å². The highest BCUT2D eigenvalue weighted by Crippen LogP contribution is 2.25. The molecule has 0 saturated carbocycles. The number of rotatable bonds is 7. The van der Waals surface area contributed by atoms with Gasteiger partial charge in [0.05, 0.1) is 0 Å². The summed E-state index contributed by atoms with van der Waals surface area (Å²) in [6.07, 6.45) is 0. The molecule has 0 saturated heterocycles. The van der Waals surface area contributed by atoms with Gasteiger partial charge in [0.25, 0.3) is 0 Å². The van der Waals surface area contributed by atoms with Gasteiger partial charge in [-0.1, -0.05) is 6.92 Å². The summed E-state index contributed by atoms with van der Waals surface area (Å²) in [6.45, 7) is 3.45. The van der Waals surface area contributed by atoms with Crippen LogP contribution in [-0.4, -0.2) is 45.1 Å². The number of nitrogens with zero attached hydrogens (tertiary/aromatic N) is 1. The molecule has 8 heteroatoms. The molecule has 6 nitrogen and oxygen atoms in total. The first kappa shape index (κ1) is 15.6. The van der Waals surface area contributed by atoms with E-state index in [9.17, 15) is 8.42 Å². The van der Waals surface area contributed by atoms with Gasteiger partial charge in [-0.2, -0.15) is 0 Å². The van der Waals surface area contributed by atoms with E-state index in [-0.39, 0.29) is 21.9 Å². The number of aliphatic hydroxyl groups is 1. The number of nitrogens with one attached hydrogen (secondary N) is 1. The number of aliphatic hydroxyl groups excluding tert-OH is 1. The molecule has 1 aromatic heterocycles. The highest BCUT2D eigenvalue weighted by atomic mass is 79.9. The largest absolute Gasteiger partial charge is 0.450 e. The lowest BCUT2D eigenvalue weighted by atomic mass is 10.5. The molecule has 0 aromatic carbocycles. The second kappa shape index (κ2) is 6.67. The second-order valence-corrected chi connectivity index (χ2v) is 6.26. The summed E-state index contributed by atoms with van der Waals surface area (Å²) >= 11 is 3.02. The molecule has 18 heavy (non-hydrogen) atoms. The molecular weight excluding hydrogens is 324 g/mol. The van der Waals surface area contributed by atoms with Crippen molar-refractivity contribution in [3.63, 3.8) is 0 Å². The molecule has 0 radical (unpaired) electrons. The minimum absolute atomic E-state index is 0.00528. The number of hydrogen-bond acceptors (Lipinski definition) is 5. The summed E-state index contributed by atoms with van der Waals surface area (Å²) in [7, 11) is -1.70. The van der Waals surface area contributed by atoms with Gasteiger partial charge < -0.3 is 14.4 Å². The van der Waals surface area contributed by atoms with E-state index in [4.69, 9.17) is 9.52 Å². The molecule has 0 fully saturated rings. The van der Waals surface area contributed by atoms with Gasteiger partial charge >= 0.3 is 0 Å². The average molecular weight is 341 g/mol. The molecule has 0 atom stereocenters. The Morgan fingerprint density at radius 3 is 2.72 bits per heavy atom. The topological polar surface area (TPSA) is 82.8 Å². The van der Waals surface area contributed by atoms with Crippen LogP contribution >= 0.6 is 15.9 Å². The van der Waals surface area contributed by atoms with E-state index in [0.717, 1.165) is 6.54 Å². The molecule has 0 amide bonds. The van der Waals surface area contributed by atoms with Crippen molar-refractivity contribution in [3.8, 4) is 0 Å². The van der Waals surface area contributed by atoms with E-state index in [0.29, 0.717) is 13.1 Å². The summed E-state index contributed by atoms with van der Waals surface area (Å²) in [5.41, 5.74) is 0. The summed E-state index contributed by atoms with van der Waals surface area (Å²) in [4.78, 5) is 2.00. The Morgan fingerprint density at radius 2 is 2.22 bits per heavy atom. The van der Waals surface area contributed by atoms with Gasteiger partial charge in [0.1, 0.15) is 17.3 Å². The van der Waals surface area contributed by atoms with Gasteiger partial charge in [-0.15, -0.1) is 0 Å². The highest BCUT2D eigenvalue weighted by molar-refractivity contribution is 9.10. The predicted molar refractivity (Wildman–Crippen MR) is 70.7 cm³/mol. The first-order valence-electron chi connectivity index (χ1n) is 5.48. The zero-order valence-corrected chi connectivity index (χ0v) is 12.7.